The average Bonchev–Trinajstić information content (AvgIpc) is 3.54. The third-order valence-corrected chi connectivity index (χ3v) is 5.66. The predicted octanol–water partition coefficient (Wildman–Crippen LogP) is 2.61. The van der Waals surface area contributed by atoms with Crippen molar-refractivity contribution in [3.8, 4) is 17.0 Å². The highest BCUT2D eigenvalue weighted by Crippen LogP contribution is 2.22. The molecule has 2 N–H and O–H groups in total. The molecule has 0 spiro atoms. The summed E-state index contributed by atoms with van der Waals surface area (Å²) in [5, 5.41) is 14.4. The van der Waals surface area contributed by atoms with Gasteiger partial charge in [-0.25, -0.2) is 14.1 Å². The number of benzene rings is 2. The topological polar surface area (TPSA) is 120 Å². The molecule has 0 bridgehead atoms. The van der Waals surface area contributed by atoms with Gasteiger partial charge in [0.1, 0.15) is 29.0 Å². The summed E-state index contributed by atoms with van der Waals surface area (Å²) in [6.45, 7) is 0.770. The van der Waals surface area contributed by atoms with Gasteiger partial charge in [0.05, 0.1) is 32.1 Å². The summed E-state index contributed by atoms with van der Waals surface area (Å²) < 4.78 is 21.6. The lowest BCUT2D eigenvalue weighted by molar-refractivity contribution is 0.0947. The van der Waals surface area contributed by atoms with E-state index in [-0.39, 0.29) is 30.4 Å². The van der Waals surface area contributed by atoms with Crippen molar-refractivity contribution in [2.45, 2.75) is 13.1 Å². The minimum atomic E-state index is -0.365. The van der Waals surface area contributed by atoms with E-state index in [0.29, 0.717) is 40.3 Å². The number of amides is 1. The van der Waals surface area contributed by atoms with Crippen LogP contribution < -0.4 is 15.6 Å². The van der Waals surface area contributed by atoms with Crippen LogP contribution in [0.3, 0.4) is 0 Å². The molecule has 0 saturated heterocycles. The van der Waals surface area contributed by atoms with Crippen LogP contribution in [-0.4, -0.2) is 49.1 Å². The molecule has 0 radical (unpaired) electrons. The second-order valence-electron chi connectivity index (χ2n) is 8.07. The first kappa shape index (κ1) is 23.0. The summed E-state index contributed by atoms with van der Waals surface area (Å²) in [4.78, 5) is 29.8. The standard InChI is InChI=1S/C25H22FN7O3/c1-36-19-7-3-5-17(11-19)21-12-22(31-30-21)24(34)27-8-9-33-23-20(13-29-33)25(35)32(15-28-23)14-16-4-2-6-18(26)10-16/h2-7,10-13,15H,8-9,14H2,1H3,(H,27,34)(H,30,31). The van der Waals surface area contributed by atoms with Crippen molar-refractivity contribution < 1.29 is 13.9 Å². The number of carbonyl (C=O) groups is 1. The van der Waals surface area contributed by atoms with Crippen LogP contribution in [-0.2, 0) is 13.1 Å². The Labute approximate surface area is 204 Å². The molecule has 0 unspecified atom stereocenters. The SMILES string of the molecule is COc1cccc(-c2cc(C(=O)NCCn3ncc4c(=O)n(Cc5cccc(F)c5)cnc43)[nH]n2)c1. The third-order valence-electron chi connectivity index (χ3n) is 5.66. The molecule has 3 aromatic heterocycles. The fraction of sp³-hybridized carbons (Fsp3) is 0.160. The van der Waals surface area contributed by atoms with E-state index in [1.54, 1.807) is 30.0 Å². The predicted molar refractivity (Wildman–Crippen MR) is 130 cm³/mol. The number of hydrogen-bond donors (Lipinski definition) is 2. The molecule has 0 aliphatic heterocycles. The van der Waals surface area contributed by atoms with Crippen molar-refractivity contribution >= 4 is 16.9 Å². The normalized spacial score (nSPS) is 11.1. The van der Waals surface area contributed by atoms with Crippen molar-refractivity contribution in [1.82, 2.24) is 34.8 Å². The van der Waals surface area contributed by atoms with E-state index < -0.39 is 0 Å². The summed E-state index contributed by atoms with van der Waals surface area (Å²) in [7, 11) is 1.59. The molecule has 0 saturated carbocycles. The molecule has 5 rings (SSSR count). The maximum atomic E-state index is 13.5. The quantitative estimate of drug-likeness (QED) is 0.347. The van der Waals surface area contributed by atoms with E-state index in [0.717, 1.165) is 5.56 Å². The van der Waals surface area contributed by atoms with Crippen LogP contribution in [0.25, 0.3) is 22.3 Å². The van der Waals surface area contributed by atoms with Crippen LogP contribution >= 0.6 is 0 Å². The Kier molecular flexibility index (Phi) is 6.27. The zero-order valence-corrected chi connectivity index (χ0v) is 19.3. The second kappa shape index (κ2) is 9.82. The van der Waals surface area contributed by atoms with E-state index >= 15 is 0 Å². The van der Waals surface area contributed by atoms with Crippen molar-refractivity contribution in [2.75, 3.05) is 13.7 Å². The van der Waals surface area contributed by atoms with Crippen molar-refractivity contribution in [1.29, 1.82) is 0 Å². The van der Waals surface area contributed by atoms with Crippen LogP contribution in [0, 0.1) is 5.82 Å². The van der Waals surface area contributed by atoms with Crippen LogP contribution in [0.2, 0.25) is 0 Å². The first-order chi connectivity index (χ1) is 17.5. The number of rotatable bonds is 8. The maximum Gasteiger partial charge on any atom is 0.269 e. The van der Waals surface area contributed by atoms with Crippen LogP contribution in [0.1, 0.15) is 16.1 Å². The van der Waals surface area contributed by atoms with Crippen LogP contribution in [0.15, 0.2) is 71.9 Å². The van der Waals surface area contributed by atoms with Gasteiger partial charge in [-0.05, 0) is 35.9 Å². The molecular weight excluding hydrogens is 465 g/mol. The van der Waals surface area contributed by atoms with Crippen LogP contribution in [0.4, 0.5) is 4.39 Å². The van der Waals surface area contributed by atoms with E-state index in [2.05, 4.69) is 25.6 Å². The first-order valence-electron chi connectivity index (χ1n) is 11.2. The van der Waals surface area contributed by atoms with Gasteiger partial charge in [0, 0.05) is 12.1 Å². The average molecular weight is 487 g/mol. The Hall–Kier alpha value is -4.80. The number of nitrogens with zero attached hydrogens (tertiary/aromatic N) is 5. The summed E-state index contributed by atoms with van der Waals surface area (Å²) in [6.07, 6.45) is 2.86. The fourth-order valence-corrected chi connectivity index (χ4v) is 3.84. The van der Waals surface area contributed by atoms with Gasteiger partial charge in [0.25, 0.3) is 11.5 Å². The highest BCUT2D eigenvalue weighted by Gasteiger charge is 2.13. The van der Waals surface area contributed by atoms with E-state index in [4.69, 9.17) is 4.74 Å². The number of methoxy groups -OCH3 is 1. The van der Waals surface area contributed by atoms with Gasteiger partial charge < -0.3 is 10.1 Å². The number of halogens is 1. The summed E-state index contributed by atoms with van der Waals surface area (Å²) in [6, 6.07) is 15.1. The molecule has 36 heavy (non-hydrogen) atoms. The monoisotopic (exact) mass is 487 g/mol. The Balaban J connectivity index is 1.23. The highest BCUT2D eigenvalue weighted by atomic mass is 19.1. The lowest BCUT2D eigenvalue weighted by Crippen LogP contribution is -2.28. The number of ether oxygens (including phenoxy) is 1. The lowest BCUT2D eigenvalue weighted by Gasteiger charge is -2.07. The molecule has 182 valence electrons. The molecule has 11 heteroatoms. The molecule has 2 aromatic carbocycles. The van der Waals surface area contributed by atoms with Crippen molar-refractivity contribution in [3.05, 3.63) is 94.5 Å². The number of aromatic nitrogens is 6. The Morgan fingerprint density at radius 3 is 2.86 bits per heavy atom. The van der Waals surface area contributed by atoms with E-state index in [1.807, 2.05) is 24.3 Å². The molecule has 0 aliphatic rings. The summed E-state index contributed by atoms with van der Waals surface area (Å²) in [5.74, 6) is 0.0110. The number of aromatic amines is 1. The second-order valence-corrected chi connectivity index (χ2v) is 8.07. The van der Waals surface area contributed by atoms with Gasteiger partial charge in [-0.3, -0.25) is 19.3 Å². The number of fused-ring (bicyclic) bond motifs is 1. The molecule has 0 atom stereocenters. The van der Waals surface area contributed by atoms with Gasteiger partial charge in [-0.1, -0.05) is 24.3 Å². The van der Waals surface area contributed by atoms with Gasteiger partial charge in [-0.15, -0.1) is 0 Å². The zero-order chi connectivity index (χ0) is 25.1. The van der Waals surface area contributed by atoms with Gasteiger partial charge in [0.15, 0.2) is 5.65 Å². The highest BCUT2D eigenvalue weighted by molar-refractivity contribution is 5.93. The molecule has 10 nitrogen and oxygen atoms in total. The molecule has 5 aromatic rings. The Bertz CT molecular complexity index is 1600. The fourth-order valence-electron chi connectivity index (χ4n) is 3.84. The lowest BCUT2D eigenvalue weighted by atomic mass is 10.1. The van der Waals surface area contributed by atoms with Crippen molar-refractivity contribution in [2.24, 2.45) is 0 Å². The smallest absolute Gasteiger partial charge is 0.269 e. The number of H-pyrrole nitrogens is 1. The minimum Gasteiger partial charge on any atom is -0.497 e. The Morgan fingerprint density at radius 2 is 2.03 bits per heavy atom. The number of nitrogens with one attached hydrogen (secondary N) is 2. The van der Waals surface area contributed by atoms with Gasteiger partial charge >= 0.3 is 0 Å². The summed E-state index contributed by atoms with van der Waals surface area (Å²) in [5.41, 5.74) is 2.55. The van der Waals surface area contributed by atoms with Crippen LogP contribution in [0.5, 0.6) is 5.75 Å². The molecule has 1 amide bonds. The van der Waals surface area contributed by atoms with E-state index in [1.165, 1.54) is 29.2 Å². The minimum absolute atomic E-state index is 0.197. The summed E-state index contributed by atoms with van der Waals surface area (Å²) >= 11 is 0. The number of hydrogen-bond acceptors (Lipinski definition) is 6. The number of carbonyl (C=O) groups excluding carboxylic acids is 1. The molecule has 3 heterocycles. The van der Waals surface area contributed by atoms with E-state index in [9.17, 15) is 14.0 Å². The molecular formula is C25H22FN7O3. The molecule has 0 aliphatic carbocycles. The first-order valence-corrected chi connectivity index (χ1v) is 11.2. The van der Waals surface area contributed by atoms with Gasteiger partial charge in [-0.2, -0.15) is 10.2 Å². The maximum absolute atomic E-state index is 13.5. The zero-order valence-electron chi connectivity index (χ0n) is 19.3. The molecule has 0 fully saturated rings. The largest absolute Gasteiger partial charge is 0.497 e. The third kappa shape index (κ3) is 4.71. The Morgan fingerprint density at radius 1 is 1.17 bits per heavy atom. The van der Waals surface area contributed by atoms with Crippen molar-refractivity contribution in [3.63, 3.8) is 0 Å². The van der Waals surface area contributed by atoms with Gasteiger partial charge in [0.2, 0.25) is 0 Å².